The summed E-state index contributed by atoms with van der Waals surface area (Å²) in [6.45, 7) is 28.8. The summed E-state index contributed by atoms with van der Waals surface area (Å²) in [7, 11) is 1.05. The van der Waals surface area contributed by atoms with Gasteiger partial charge in [0.25, 0.3) is 5.69 Å². The number of hydrogen-bond donors (Lipinski definition) is 0. The van der Waals surface area contributed by atoms with Gasteiger partial charge in [-0.1, -0.05) is 76.2 Å². The van der Waals surface area contributed by atoms with Crippen LogP contribution in [0.1, 0.15) is 142 Å². The zero-order valence-corrected chi connectivity index (χ0v) is 65.5. The Morgan fingerprint density at radius 1 is 0.376 bits per heavy atom. The van der Waals surface area contributed by atoms with Crippen LogP contribution in [0.4, 0.5) is 5.69 Å². The average Bonchev–Trinajstić information content (AvgIpc) is 0.759. The third-order valence-electron chi connectivity index (χ3n) is 21.6. The standard InChI is InChI=1S/C74H109NO34/c1-31-24-89-68(60(34(31)4)95-43(13)77)92-27-53-37(7)38(8)63(98-46(16)80)72(103-53)107-58-40(10)65(100-48(18)82)74(105-55(58)29-93-69-61(96-44(14)78)35(5)32(2)25-90-69)109-59-41(11)66(101-49(19)83)73(106-56(59)30-94-70-62(97-45(15)79)36(6)33(3)26-91-70)108-57-39(9)64(99-47(17)81)71(104-54(57)28-88-42(12)76)102-52-22-21-50(75(85)86)23-51(52)67(84)87-20/h21-23,31-41,53-66,68-74H,24-30H2,1-20H3/t31-,32-,33-,34+,35?,36+,37+,38+,39?,40?,41+,53?,54+,55+,56?,57+,58+,59+,60?,61?,62?,63?,64?,65?,66?,68-,69-,70-,71-,72+,73+,74+/m1/s1. The van der Waals surface area contributed by atoms with E-state index in [2.05, 4.69) is 0 Å². The van der Waals surface area contributed by atoms with E-state index in [1.54, 1.807) is 20.8 Å². The highest BCUT2D eigenvalue weighted by Crippen LogP contribution is 2.44. The van der Waals surface area contributed by atoms with Crippen LogP contribution in [0, 0.1) is 75.2 Å². The predicted molar refractivity (Wildman–Crippen MR) is 368 cm³/mol. The van der Waals surface area contributed by atoms with Gasteiger partial charge in [-0.05, 0) is 29.7 Å². The van der Waals surface area contributed by atoms with Crippen LogP contribution >= 0.6 is 0 Å². The number of nitro benzene ring substituents is 1. The van der Waals surface area contributed by atoms with Gasteiger partial charge in [0.05, 0.1) is 76.1 Å². The summed E-state index contributed by atoms with van der Waals surface area (Å²) in [5, 5.41) is 11.9. The molecule has 1 aromatic rings. The molecule has 0 spiro atoms. The Kier molecular flexibility index (Phi) is 31.4. The van der Waals surface area contributed by atoms with E-state index >= 15 is 0 Å². The second-order valence-electron chi connectivity index (χ2n) is 29.8. The second kappa shape index (κ2) is 39.1. The van der Waals surface area contributed by atoms with E-state index in [1.165, 1.54) is 27.7 Å². The third kappa shape index (κ3) is 22.3. The molecule has 7 saturated heterocycles. The maximum atomic E-state index is 13.7. The van der Waals surface area contributed by atoms with Gasteiger partial charge >= 0.3 is 53.7 Å². The molecule has 7 aliphatic heterocycles. The highest BCUT2D eigenvalue weighted by Gasteiger charge is 2.58. The summed E-state index contributed by atoms with van der Waals surface area (Å²) >= 11 is 0. The molecule has 8 rings (SSSR count). The molecule has 0 bridgehead atoms. The maximum absolute atomic E-state index is 13.7. The molecule has 7 fully saturated rings. The number of ether oxygens (including phenoxy) is 23. The summed E-state index contributed by atoms with van der Waals surface area (Å²) in [6, 6.07) is 3.09. The number of hydrogen-bond acceptors (Lipinski definition) is 34. The van der Waals surface area contributed by atoms with E-state index in [1.807, 2.05) is 55.4 Å². The molecular formula is C74H109NO34. The summed E-state index contributed by atoms with van der Waals surface area (Å²) in [5.41, 5.74) is -0.898. The molecule has 0 aliphatic carbocycles. The van der Waals surface area contributed by atoms with E-state index < -0.39 is 243 Å². The highest BCUT2D eigenvalue weighted by atomic mass is 16.8. The Bertz CT molecular complexity index is 3300. The van der Waals surface area contributed by atoms with Crippen LogP contribution in [0.3, 0.4) is 0 Å². The third-order valence-corrected chi connectivity index (χ3v) is 21.6. The molecule has 0 aromatic heterocycles. The normalized spacial score (nSPS) is 38.9. The number of carbonyl (C=O) groups excluding carboxylic acids is 9. The maximum Gasteiger partial charge on any atom is 0.341 e. The van der Waals surface area contributed by atoms with Gasteiger partial charge in [0.1, 0.15) is 36.2 Å². The molecular weight excluding hydrogens is 1450 g/mol. The zero-order chi connectivity index (χ0) is 80.3. The molecule has 109 heavy (non-hydrogen) atoms. The van der Waals surface area contributed by atoms with Gasteiger partial charge in [-0.25, -0.2) is 4.79 Å². The topological polar surface area (TPSA) is 409 Å². The van der Waals surface area contributed by atoms with Crippen LogP contribution < -0.4 is 4.74 Å². The zero-order valence-electron chi connectivity index (χ0n) is 65.5. The number of rotatable bonds is 28. The van der Waals surface area contributed by atoms with Crippen molar-refractivity contribution >= 4 is 59.4 Å². The van der Waals surface area contributed by atoms with E-state index in [0.29, 0.717) is 6.61 Å². The number of esters is 9. The summed E-state index contributed by atoms with van der Waals surface area (Å²) in [5.74, 6) is -12.1. The lowest BCUT2D eigenvalue weighted by Gasteiger charge is -2.52. The predicted octanol–water partition coefficient (Wildman–Crippen LogP) is 6.02. The highest BCUT2D eigenvalue weighted by molar-refractivity contribution is 5.93. The Labute approximate surface area is 633 Å². The number of methoxy groups -OCH3 is 1. The van der Waals surface area contributed by atoms with Crippen LogP contribution in [-0.4, -0.2) is 241 Å². The van der Waals surface area contributed by atoms with Gasteiger partial charge in [-0.15, -0.1) is 0 Å². The van der Waals surface area contributed by atoms with Gasteiger partial charge in [-0.2, -0.15) is 0 Å². The van der Waals surface area contributed by atoms with E-state index in [9.17, 15) is 53.3 Å². The van der Waals surface area contributed by atoms with Crippen molar-refractivity contribution in [2.45, 2.75) is 261 Å². The van der Waals surface area contributed by atoms with Crippen molar-refractivity contribution < 1.29 is 157 Å². The molecule has 7 heterocycles. The lowest BCUT2D eigenvalue weighted by atomic mass is 9.83. The summed E-state index contributed by atoms with van der Waals surface area (Å²) in [6.07, 6.45) is -27.0. The smallest absolute Gasteiger partial charge is 0.341 e. The second-order valence-corrected chi connectivity index (χ2v) is 29.8. The number of nitrogens with zero attached hydrogens (tertiary/aromatic N) is 1. The largest absolute Gasteiger partial charge is 0.465 e. The van der Waals surface area contributed by atoms with Gasteiger partial charge in [0, 0.05) is 109 Å². The van der Waals surface area contributed by atoms with Gasteiger partial charge in [0.2, 0.25) is 6.29 Å². The minimum absolute atomic E-state index is 0.0223. The molecule has 35 heteroatoms. The van der Waals surface area contributed by atoms with Crippen molar-refractivity contribution in [3.05, 3.63) is 33.9 Å². The first-order valence-corrected chi connectivity index (χ1v) is 37.0. The Hall–Kier alpha value is -6.87. The molecule has 1 aromatic carbocycles. The minimum atomic E-state index is -1.70. The monoisotopic (exact) mass is 1560 g/mol. The van der Waals surface area contributed by atoms with Crippen LogP contribution in [0.2, 0.25) is 0 Å². The molecule has 35 nitrogen and oxygen atoms in total. The van der Waals surface area contributed by atoms with Gasteiger partial charge < -0.3 is 109 Å². The van der Waals surface area contributed by atoms with Crippen molar-refractivity contribution in [3.63, 3.8) is 0 Å². The van der Waals surface area contributed by atoms with E-state index in [4.69, 9.17) is 109 Å². The Balaban J connectivity index is 1.20. The molecule has 0 amide bonds. The fourth-order valence-corrected chi connectivity index (χ4v) is 14.7. The van der Waals surface area contributed by atoms with Crippen molar-refractivity contribution in [2.75, 3.05) is 53.4 Å². The van der Waals surface area contributed by atoms with E-state index in [0.717, 1.165) is 53.0 Å². The van der Waals surface area contributed by atoms with Gasteiger partial charge in [0.15, 0.2) is 80.5 Å². The number of nitro groups is 1. The van der Waals surface area contributed by atoms with Crippen molar-refractivity contribution in [1.29, 1.82) is 0 Å². The number of carbonyl (C=O) groups is 9. The van der Waals surface area contributed by atoms with Crippen LogP contribution in [0.15, 0.2) is 18.2 Å². The molecule has 0 N–H and O–H groups in total. The van der Waals surface area contributed by atoms with E-state index in [-0.39, 0.29) is 67.0 Å². The fourth-order valence-electron chi connectivity index (χ4n) is 14.7. The molecule has 0 radical (unpaired) electrons. The SMILES string of the molecule is COC(=O)c1cc([N+](=O)[O-])ccc1O[C@@H]1O[C@@H](COC(C)=O)[C@@H](O[C@@H]2OC(CO[C@H]3OC[C@@H](C)[C@H](C)C3OC(C)=O)[C@@H](O[C@@H]3O[C@@H](CO[C@H]4OC[C@@H](C)C(C)C4OC(C)=O)[C@@H](O[C@@H]4OC(CO[C@H]5OC[C@@H](C)[C@H](C)C5OC(C)=O)[C@@H](C)[C@H](C)C4OC(C)=O)C(C)C3OC(C)=O)[C@H](C)C2OC(C)=O)C(C)C1OC(C)=O. The molecule has 0 saturated carbocycles. The lowest BCUT2D eigenvalue weighted by molar-refractivity contribution is -0.385. The van der Waals surface area contributed by atoms with Crippen molar-refractivity contribution in [3.8, 4) is 5.75 Å². The van der Waals surface area contributed by atoms with Crippen molar-refractivity contribution in [2.24, 2.45) is 65.1 Å². The molecule has 12 unspecified atom stereocenters. The Morgan fingerprint density at radius 2 is 0.679 bits per heavy atom. The average molecular weight is 1560 g/mol. The number of benzene rings is 1. The first kappa shape index (κ1) is 87.7. The Morgan fingerprint density at radius 3 is 1.01 bits per heavy atom. The fraction of sp³-hybridized carbons (Fsp3) is 0.797. The lowest BCUT2D eigenvalue weighted by Crippen LogP contribution is -2.65. The minimum Gasteiger partial charge on any atom is -0.465 e. The molecule has 32 atom stereocenters. The first-order valence-electron chi connectivity index (χ1n) is 37.0. The number of non-ortho nitro benzene ring substituents is 1. The molecule has 614 valence electrons. The van der Waals surface area contributed by atoms with Crippen LogP contribution in [0.25, 0.3) is 0 Å². The molecule has 7 aliphatic rings. The summed E-state index contributed by atoms with van der Waals surface area (Å²) < 4.78 is 145. The van der Waals surface area contributed by atoms with Crippen LogP contribution in [0.5, 0.6) is 5.75 Å². The quantitative estimate of drug-likeness (QED) is 0.0400. The van der Waals surface area contributed by atoms with Gasteiger partial charge in [-0.3, -0.25) is 48.5 Å². The van der Waals surface area contributed by atoms with Crippen molar-refractivity contribution in [1.82, 2.24) is 0 Å². The van der Waals surface area contributed by atoms with Crippen LogP contribution in [-0.2, 0) is 143 Å². The summed E-state index contributed by atoms with van der Waals surface area (Å²) in [4.78, 5) is 129. The first-order chi connectivity index (χ1) is 51.4.